The Morgan fingerprint density at radius 1 is 1.03 bits per heavy atom. The molecule has 1 aromatic carbocycles. The van der Waals surface area contributed by atoms with Crippen molar-refractivity contribution in [1.29, 1.82) is 0 Å². The van der Waals surface area contributed by atoms with E-state index >= 15 is 0 Å². The average molecular weight is 402 g/mol. The number of hydrogen-bond donors (Lipinski definition) is 2. The maximum Gasteiger partial charge on any atom is 0.340 e. The second-order valence-corrected chi connectivity index (χ2v) is 6.15. The van der Waals surface area contributed by atoms with E-state index in [2.05, 4.69) is 10.3 Å². The summed E-state index contributed by atoms with van der Waals surface area (Å²) in [5.41, 5.74) is 1.35. The largest absolute Gasteiger partial charge is 0.497 e. The van der Waals surface area contributed by atoms with Gasteiger partial charge in [0, 0.05) is 12.6 Å². The highest BCUT2D eigenvalue weighted by Gasteiger charge is 2.25. The molecule has 0 unspecified atom stereocenters. The van der Waals surface area contributed by atoms with Crippen LogP contribution in [0.3, 0.4) is 0 Å². The fourth-order valence-corrected chi connectivity index (χ4v) is 2.91. The molecule has 9 heteroatoms. The molecule has 2 aromatic rings. The third-order valence-corrected chi connectivity index (χ3v) is 4.31. The summed E-state index contributed by atoms with van der Waals surface area (Å²) in [5.74, 6) is -1.68. The van der Waals surface area contributed by atoms with Crippen LogP contribution in [0.15, 0.2) is 18.2 Å². The first-order chi connectivity index (χ1) is 13.7. The molecule has 0 spiro atoms. The summed E-state index contributed by atoms with van der Waals surface area (Å²) in [6.07, 6.45) is -0.245. The highest BCUT2D eigenvalue weighted by Crippen LogP contribution is 2.24. The number of anilines is 1. The van der Waals surface area contributed by atoms with Gasteiger partial charge in [0.15, 0.2) is 5.78 Å². The van der Waals surface area contributed by atoms with Crippen LogP contribution in [-0.2, 0) is 20.7 Å². The number of esters is 2. The number of ether oxygens (including phenoxy) is 3. The van der Waals surface area contributed by atoms with Gasteiger partial charge < -0.3 is 24.5 Å². The van der Waals surface area contributed by atoms with Crippen molar-refractivity contribution in [2.75, 3.05) is 26.6 Å². The van der Waals surface area contributed by atoms with Crippen molar-refractivity contribution in [3.8, 4) is 5.75 Å². The zero-order valence-corrected chi connectivity index (χ0v) is 16.8. The monoisotopic (exact) mass is 402 g/mol. The number of hydrogen-bond acceptors (Lipinski definition) is 7. The lowest BCUT2D eigenvalue weighted by atomic mass is 10.1. The van der Waals surface area contributed by atoms with Crippen molar-refractivity contribution >= 4 is 29.3 Å². The highest BCUT2D eigenvalue weighted by atomic mass is 16.5. The van der Waals surface area contributed by atoms with E-state index in [1.54, 1.807) is 13.0 Å². The Labute approximate surface area is 167 Å². The maximum atomic E-state index is 12.6. The van der Waals surface area contributed by atoms with Gasteiger partial charge >= 0.3 is 11.9 Å². The van der Waals surface area contributed by atoms with Gasteiger partial charge in [-0.15, -0.1) is 0 Å². The minimum Gasteiger partial charge on any atom is -0.497 e. The van der Waals surface area contributed by atoms with Gasteiger partial charge in [-0.2, -0.15) is 0 Å². The number of methoxy groups -OCH3 is 3. The van der Waals surface area contributed by atoms with Gasteiger partial charge in [-0.25, -0.2) is 9.59 Å². The summed E-state index contributed by atoms with van der Waals surface area (Å²) < 4.78 is 14.6. The topological polar surface area (TPSA) is 124 Å². The molecule has 2 rings (SSSR count). The number of aromatic nitrogens is 1. The van der Waals surface area contributed by atoms with Crippen molar-refractivity contribution in [3.63, 3.8) is 0 Å². The van der Waals surface area contributed by atoms with Gasteiger partial charge in [0.05, 0.1) is 50.3 Å². The Balaban J connectivity index is 2.35. The van der Waals surface area contributed by atoms with E-state index in [9.17, 15) is 19.2 Å². The third-order valence-electron chi connectivity index (χ3n) is 4.31. The Hall–Kier alpha value is -3.62. The van der Waals surface area contributed by atoms with E-state index in [0.29, 0.717) is 11.3 Å². The van der Waals surface area contributed by atoms with Crippen molar-refractivity contribution in [1.82, 2.24) is 4.98 Å². The molecule has 2 N–H and O–H groups in total. The van der Waals surface area contributed by atoms with Crippen LogP contribution in [0.4, 0.5) is 5.69 Å². The van der Waals surface area contributed by atoms with Crippen LogP contribution < -0.4 is 10.1 Å². The van der Waals surface area contributed by atoms with E-state index in [4.69, 9.17) is 14.2 Å². The lowest BCUT2D eigenvalue weighted by Crippen LogP contribution is -2.19. The molecule has 1 aromatic heterocycles. The second-order valence-electron chi connectivity index (χ2n) is 6.15. The fourth-order valence-electron chi connectivity index (χ4n) is 2.91. The molecular weight excluding hydrogens is 380 g/mol. The fraction of sp³-hybridized carbons (Fsp3) is 0.300. The smallest absolute Gasteiger partial charge is 0.340 e. The molecule has 29 heavy (non-hydrogen) atoms. The van der Waals surface area contributed by atoms with Crippen LogP contribution in [0.5, 0.6) is 5.75 Å². The SMILES string of the molecule is COC(=O)c1cc(OC)ccc1NC(=O)Cc1[nH]c(C(C)=O)c(C)c1C(=O)OC. The summed E-state index contributed by atoms with van der Waals surface area (Å²) in [4.78, 5) is 51.3. The standard InChI is InChI=1S/C20H22N2O7/c1-10-17(20(26)29-5)15(22-18(10)11(2)23)9-16(24)21-14-7-6-12(27-3)8-13(14)19(25)28-4/h6-8,22H,9H2,1-5H3,(H,21,24). The van der Waals surface area contributed by atoms with Crippen LogP contribution in [0.25, 0.3) is 0 Å². The number of benzene rings is 1. The average Bonchev–Trinajstić information content (AvgIpc) is 3.02. The van der Waals surface area contributed by atoms with Crippen LogP contribution in [0, 0.1) is 6.92 Å². The third kappa shape index (κ3) is 4.63. The number of rotatable bonds is 7. The lowest BCUT2D eigenvalue weighted by molar-refractivity contribution is -0.115. The molecule has 0 aliphatic heterocycles. The first kappa shape index (κ1) is 21.7. The Kier molecular flexibility index (Phi) is 6.76. The van der Waals surface area contributed by atoms with Crippen LogP contribution >= 0.6 is 0 Å². The molecule has 0 radical (unpaired) electrons. The number of carbonyl (C=O) groups excluding carboxylic acids is 4. The minimum atomic E-state index is -0.659. The molecule has 0 saturated heterocycles. The van der Waals surface area contributed by atoms with Gasteiger partial charge in [0.2, 0.25) is 5.91 Å². The van der Waals surface area contributed by atoms with Crippen LogP contribution in [0.1, 0.15) is 49.4 Å². The van der Waals surface area contributed by atoms with E-state index in [1.165, 1.54) is 40.4 Å². The first-order valence-electron chi connectivity index (χ1n) is 8.60. The minimum absolute atomic E-state index is 0.112. The molecule has 0 saturated carbocycles. The predicted octanol–water partition coefficient (Wildman–Crippen LogP) is 2.29. The number of nitrogens with one attached hydrogen (secondary N) is 2. The van der Waals surface area contributed by atoms with Gasteiger partial charge in [0.1, 0.15) is 5.75 Å². The summed E-state index contributed by atoms with van der Waals surface area (Å²) >= 11 is 0. The molecule has 154 valence electrons. The number of carbonyl (C=O) groups is 4. The predicted molar refractivity (Wildman–Crippen MR) is 104 cm³/mol. The summed E-state index contributed by atoms with van der Waals surface area (Å²) in [5, 5.41) is 2.62. The molecule has 1 heterocycles. The Bertz CT molecular complexity index is 975. The van der Waals surface area contributed by atoms with Gasteiger partial charge in [-0.3, -0.25) is 9.59 Å². The van der Waals surface area contributed by atoms with Crippen molar-refractivity contribution in [2.45, 2.75) is 20.3 Å². The van der Waals surface area contributed by atoms with Gasteiger partial charge in [-0.1, -0.05) is 0 Å². The number of aromatic amines is 1. The van der Waals surface area contributed by atoms with E-state index in [0.717, 1.165) is 0 Å². The summed E-state index contributed by atoms with van der Waals surface area (Å²) in [6, 6.07) is 4.52. The van der Waals surface area contributed by atoms with E-state index in [-0.39, 0.29) is 40.4 Å². The molecule has 1 amide bonds. The molecule has 0 fully saturated rings. The molecule has 0 atom stereocenters. The number of amides is 1. The molecule has 0 bridgehead atoms. The molecule has 0 aliphatic carbocycles. The lowest BCUT2D eigenvalue weighted by Gasteiger charge is -2.11. The van der Waals surface area contributed by atoms with Gasteiger partial charge in [0.25, 0.3) is 0 Å². The Morgan fingerprint density at radius 3 is 2.24 bits per heavy atom. The first-order valence-corrected chi connectivity index (χ1v) is 8.60. The van der Waals surface area contributed by atoms with Crippen molar-refractivity contribution < 1.29 is 33.4 Å². The Morgan fingerprint density at radius 2 is 1.69 bits per heavy atom. The van der Waals surface area contributed by atoms with Crippen molar-refractivity contribution in [3.05, 3.63) is 46.3 Å². The molecule has 0 aliphatic rings. The summed E-state index contributed by atoms with van der Waals surface area (Å²) in [7, 11) is 3.89. The molecule has 9 nitrogen and oxygen atoms in total. The quantitative estimate of drug-likeness (QED) is 0.538. The van der Waals surface area contributed by atoms with E-state index < -0.39 is 17.8 Å². The number of ketones is 1. The van der Waals surface area contributed by atoms with Gasteiger partial charge in [-0.05, 0) is 30.7 Å². The normalized spacial score (nSPS) is 10.2. The zero-order chi connectivity index (χ0) is 21.7. The molecular formula is C20H22N2O7. The zero-order valence-electron chi connectivity index (χ0n) is 16.8. The second kappa shape index (κ2) is 9.05. The number of Topliss-reactive ketones (excluding diaryl/α,β-unsaturated/α-hetero) is 1. The highest BCUT2D eigenvalue weighted by molar-refractivity contribution is 6.04. The van der Waals surface area contributed by atoms with Crippen LogP contribution in [-0.4, -0.2) is 49.9 Å². The van der Waals surface area contributed by atoms with E-state index in [1.807, 2.05) is 0 Å². The number of H-pyrrole nitrogens is 1. The van der Waals surface area contributed by atoms with Crippen LogP contribution in [0.2, 0.25) is 0 Å². The maximum absolute atomic E-state index is 12.6. The van der Waals surface area contributed by atoms with Crippen molar-refractivity contribution in [2.24, 2.45) is 0 Å². The summed E-state index contributed by atoms with van der Waals surface area (Å²) in [6.45, 7) is 2.95.